The molecular formula is C29H22Cl2N2O. The molecule has 0 saturated heterocycles. The van der Waals surface area contributed by atoms with E-state index < -0.39 is 5.54 Å². The summed E-state index contributed by atoms with van der Waals surface area (Å²) in [5.41, 5.74) is 2.70. The fourth-order valence-corrected chi connectivity index (χ4v) is 4.79. The quantitative estimate of drug-likeness (QED) is 0.222. The number of nitrogens with zero attached hydrogens (tertiary/aromatic N) is 2. The van der Waals surface area contributed by atoms with Gasteiger partial charge in [0.1, 0.15) is 28.7 Å². The van der Waals surface area contributed by atoms with E-state index in [1.54, 1.807) is 12.1 Å². The highest BCUT2D eigenvalue weighted by molar-refractivity contribution is 6.42. The number of hydrogen-bond donors (Lipinski definition) is 0. The Morgan fingerprint density at radius 1 is 0.676 bits per heavy atom. The average molecular weight is 485 g/mol. The molecule has 168 valence electrons. The van der Waals surface area contributed by atoms with E-state index in [1.165, 1.54) is 0 Å². The predicted octanol–water partition coefficient (Wildman–Crippen LogP) is 7.61. The van der Waals surface area contributed by atoms with Crippen LogP contribution in [0.25, 0.3) is 0 Å². The fraction of sp³-hybridized carbons (Fsp3) is 0.0690. The van der Waals surface area contributed by atoms with Gasteiger partial charge in [-0.1, -0.05) is 120 Å². The molecule has 0 atom stereocenters. The van der Waals surface area contributed by atoms with Gasteiger partial charge in [0.15, 0.2) is 0 Å². The number of imidazole rings is 1. The molecular weight excluding hydrogens is 463 g/mol. The van der Waals surface area contributed by atoms with E-state index in [0.717, 1.165) is 22.5 Å². The van der Waals surface area contributed by atoms with Gasteiger partial charge >= 0.3 is 0 Å². The van der Waals surface area contributed by atoms with Gasteiger partial charge in [-0.05, 0) is 28.8 Å². The normalized spacial score (nSPS) is 11.4. The van der Waals surface area contributed by atoms with Crippen molar-refractivity contribution in [1.29, 1.82) is 0 Å². The Morgan fingerprint density at radius 2 is 1.21 bits per heavy atom. The van der Waals surface area contributed by atoms with Crippen LogP contribution in [0.15, 0.2) is 122 Å². The molecule has 0 N–H and O–H groups in total. The van der Waals surface area contributed by atoms with Gasteiger partial charge in [0.2, 0.25) is 0 Å². The lowest BCUT2D eigenvalue weighted by atomic mass is 9.76. The number of halogens is 2. The summed E-state index contributed by atoms with van der Waals surface area (Å²) < 4.78 is 8.29. The van der Waals surface area contributed by atoms with Crippen LogP contribution in [-0.4, -0.2) is 9.55 Å². The van der Waals surface area contributed by atoms with Crippen molar-refractivity contribution in [2.24, 2.45) is 0 Å². The van der Waals surface area contributed by atoms with E-state index in [4.69, 9.17) is 27.9 Å². The highest BCUT2D eigenvalue weighted by atomic mass is 35.5. The minimum Gasteiger partial charge on any atom is -0.484 e. The van der Waals surface area contributed by atoms with Crippen LogP contribution in [0.4, 0.5) is 0 Å². The summed E-state index contributed by atoms with van der Waals surface area (Å²) >= 11 is 12.6. The second-order valence-electron chi connectivity index (χ2n) is 7.86. The molecule has 0 aliphatic rings. The zero-order chi connectivity index (χ0) is 23.4. The zero-order valence-electron chi connectivity index (χ0n) is 18.3. The smallest absolute Gasteiger partial charge is 0.148 e. The lowest BCUT2D eigenvalue weighted by Gasteiger charge is -2.38. The minimum atomic E-state index is -0.656. The van der Waals surface area contributed by atoms with Gasteiger partial charge in [-0.15, -0.1) is 0 Å². The summed E-state index contributed by atoms with van der Waals surface area (Å²) in [6.45, 7) is 0.224. The Labute approximate surface area is 209 Å². The fourth-order valence-electron chi connectivity index (χ4n) is 4.44. The maximum atomic E-state index is 6.37. The standard InChI is InChI=1S/C29H22Cl2N2O/c30-25-17-10-18-26(28(25)31)34-21-27-32-19-20-33(27)29(22-11-4-1-5-12-22,23-13-6-2-7-14-23)24-15-8-3-9-16-24/h1-20H,21H2. The van der Waals surface area contributed by atoms with Gasteiger partial charge < -0.3 is 9.30 Å². The average Bonchev–Trinajstić information content (AvgIpc) is 3.36. The maximum Gasteiger partial charge on any atom is 0.148 e. The van der Waals surface area contributed by atoms with Crippen LogP contribution in [0, 0.1) is 0 Å². The highest BCUT2D eigenvalue weighted by Gasteiger charge is 2.39. The van der Waals surface area contributed by atoms with Crippen molar-refractivity contribution in [2.45, 2.75) is 12.1 Å². The summed E-state index contributed by atoms with van der Waals surface area (Å²) in [5, 5.41) is 0.845. The summed E-state index contributed by atoms with van der Waals surface area (Å²) in [7, 11) is 0. The van der Waals surface area contributed by atoms with Gasteiger partial charge in [0.25, 0.3) is 0 Å². The number of aromatic nitrogens is 2. The summed E-state index contributed by atoms with van der Waals surface area (Å²) in [5.74, 6) is 1.28. The number of benzene rings is 4. The molecule has 1 aromatic heterocycles. The summed E-state index contributed by atoms with van der Waals surface area (Å²) in [6.07, 6.45) is 3.81. The topological polar surface area (TPSA) is 27.1 Å². The van der Waals surface area contributed by atoms with Crippen LogP contribution in [-0.2, 0) is 12.1 Å². The van der Waals surface area contributed by atoms with Gasteiger partial charge in [-0.2, -0.15) is 0 Å². The third-order valence-electron chi connectivity index (χ3n) is 5.93. The van der Waals surface area contributed by atoms with E-state index in [-0.39, 0.29) is 6.61 Å². The van der Waals surface area contributed by atoms with Crippen molar-refractivity contribution >= 4 is 23.2 Å². The molecule has 0 saturated carbocycles. The van der Waals surface area contributed by atoms with Crippen LogP contribution < -0.4 is 4.74 Å². The Kier molecular flexibility index (Phi) is 6.39. The molecule has 0 fully saturated rings. The molecule has 0 aliphatic carbocycles. The molecule has 34 heavy (non-hydrogen) atoms. The third kappa shape index (κ3) is 3.98. The number of ether oxygens (including phenoxy) is 1. The Balaban J connectivity index is 1.70. The number of hydrogen-bond acceptors (Lipinski definition) is 2. The molecule has 5 rings (SSSR count). The molecule has 3 nitrogen and oxygen atoms in total. The second kappa shape index (κ2) is 9.76. The van der Waals surface area contributed by atoms with Crippen LogP contribution in [0.1, 0.15) is 22.5 Å². The van der Waals surface area contributed by atoms with Crippen molar-refractivity contribution in [3.05, 3.63) is 154 Å². The summed E-state index contributed by atoms with van der Waals surface area (Å²) in [6, 6.07) is 36.7. The van der Waals surface area contributed by atoms with Crippen molar-refractivity contribution in [1.82, 2.24) is 9.55 Å². The molecule has 1 heterocycles. The predicted molar refractivity (Wildman–Crippen MR) is 138 cm³/mol. The molecule has 0 bridgehead atoms. The van der Waals surface area contributed by atoms with Gasteiger partial charge in [-0.3, -0.25) is 0 Å². The third-order valence-corrected chi connectivity index (χ3v) is 6.73. The first kappa shape index (κ1) is 22.3. The lowest BCUT2D eigenvalue weighted by molar-refractivity contribution is 0.283. The first-order valence-corrected chi connectivity index (χ1v) is 11.7. The molecule has 5 heteroatoms. The highest BCUT2D eigenvalue weighted by Crippen LogP contribution is 2.41. The lowest BCUT2D eigenvalue weighted by Crippen LogP contribution is -2.38. The molecule has 0 spiro atoms. The van der Waals surface area contributed by atoms with Crippen LogP contribution in [0.5, 0.6) is 5.75 Å². The Bertz CT molecular complexity index is 1270. The molecule has 0 radical (unpaired) electrons. The molecule has 5 aromatic rings. The summed E-state index contributed by atoms with van der Waals surface area (Å²) in [4.78, 5) is 4.69. The van der Waals surface area contributed by atoms with E-state index in [0.29, 0.717) is 15.8 Å². The van der Waals surface area contributed by atoms with E-state index in [2.05, 4.69) is 82.3 Å². The van der Waals surface area contributed by atoms with E-state index in [1.807, 2.05) is 36.7 Å². The van der Waals surface area contributed by atoms with Gasteiger partial charge in [-0.25, -0.2) is 4.98 Å². The monoisotopic (exact) mass is 484 g/mol. The van der Waals surface area contributed by atoms with Crippen molar-refractivity contribution < 1.29 is 4.74 Å². The largest absolute Gasteiger partial charge is 0.484 e. The van der Waals surface area contributed by atoms with Crippen molar-refractivity contribution in [2.75, 3.05) is 0 Å². The Morgan fingerprint density at radius 3 is 1.74 bits per heavy atom. The first-order chi connectivity index (χ1) is 16.7. The zero-order valence-corrected chi connectivity index (χ0v) is 19.8. The van der Waals surface area contributed by atoms with E-state index >= 15 is 0 Å². The molecule has 0 aliphatic heterocycles. The molecule has 0 unspecified atom stereocenters. The number of rotatable bonds is 7. The Hall–Kier alpha value is -3.53. The van der Waals surface area contributed by atoms with Crippen LogP contribution >= 0.6 is 23.2 Å². The second-order valence-corrected chi connectivity index (χ2v) is 8.65. The van der Waals surface area contributed by atoms with Crippen molar-refractivity contribution in [3.8, 4) is 5.75 Å². The first-order valence-electron chi connectivity index (χ1n) is 11.0. The van der Waals surface area contributed by atoms with Gasteiger partial charge in [0, 0.05) is 12.4 Å². The van der Waals surface area contributed by atoms with E-state index in [9.17, 15) is 0 Å². The SMILES string of the molecule is Clc1cccc(OCc2nccn2C(c2ccccc2)(c2ccccc2)c2ccccc2)c1Cl. The van der Waals surface area contributed by atoms with Crippen molar-refractivity contribution in [3.63, 3.8) is 0 Å². The van der Waals surface area contributed by atoms with Gasteiger partial charge in [0.05, 0.1) is 5.02 Å². The van der Waals surface area contributed by atoms with Crippen LogP contribution in [0.2, 0.25) is 10.0 Å². The minimum absolute atomic E-state index is 0.224. The molecule has 4 aromatic carbocycles. The maximum absolute atomic E-state index is 6.37. The molecule has 0 amide bonds. The van der Waals surface area contributed by atoms with Crippen LogP contribution in [0.3, 0.4) is 0 Å².